The molecule has 3 heteroatoms. The predicted octanol–water partition coefficient (Wildman–Crippen LogP) is 5.16. The molecule has 3 rings (SSSR count). The third-order valence-electron chi connectivity index (χ3n) is 4.57. The third-order valence-corrected chi connectivity index (χ3v) is 5.84. The Morgan fingerprint density at radius 3 is 2.52 bits per heavy atom. The SMILES string of the molecule is CCC1(CC)CN=C(Nc2ccc3ccccc3c2)SC1. The number of fused-ring (bicyclic) bond motifs is 1. The van der Waals surface area contributed by atoms with Gasteiger partial charge in [0.25, 0.3) is 0 Å². The van der Waals surface area contributed by atoms with Gasteiger partial charge in [-0.05, 0) is 41.2 Å². The molecular weight excluding hydrogens is 276 g/mol. The van der Waals surface area contributed by atoms with Crippen LogP contribution in [0.5, 0.6) is 0 Å². The number of thioether (sulfide) groups is 1. The van der Waals surface area contributed by atoms with Crippen molar-refractivity contribution in [2.45, 2.75) is 26.7 Å². The van der Waals surface area contributed by atoms with E-state index in [0.717, 1.165) is 17.4 Å². The maximum atomic E-state index is 4.77. The Morgan fingerprint density at radius 2 is 1.86 bits per heavy atom. The lowest BCUT2D eigenvalue weighted by Crippen LogP contribution is -2.32. The molecular formula is C18H22N2S. The van der Waals surface area contributed by atoms with Crippen molar-refractivity contribution in [3.63, 3.8) is 0 Å². The van der Waals surface area contributed by atoms with E-state index in [9.17, 15) is 0 Å². The standard InChI is InChI=1S/C18H22N2S/c1-3-18(4-2)12-19-17(21-13-18)20-16-10-9-14-7-5-6-8-15(14)11-16/h5-11H,3-4,12-13H2,1-2H3,(H,19,20). The molecule has 0 amide bonds. The van der Waals surface area contributed by atoms with Gasteiger partial charge in [-0.15, -0.1) is 0 Å². The molecule has 0 radical (unpaired) electrons. The van der Waals surface area contributed by atoms with Gasteiger partial charge in [0, 0.05) is 18.0 Å². The lowest BCUT2D eigenvalue weighted by Gasteiger charge is -2.33. The first-order valence-electron chi connectivity index (χ1n) is 7.68. The molecule has 0 saturated heterocycles. The van der Waals surface area contributed by atoms with Gasteiger partial charge in [-0.1, -0.05) is 55.9 Å². The van der Waals surface area contributed by atoms with Crippen LogP contribution < -0.4 is 5.32 Å². The molecule has 1 heterocycles. The molecule has 1 N–H and O–H groups in total. The fourth-order valence-corrected chi connectivity index (χ4v) is 3.98. The van der Waals surface area contributed by atoms with Crippen molar-refractivity contribution in [1.82, 2.24) is 0 Å². The van der Waals surface area contributed by atoms with E-state index in [2.05, 4.69) is 61.6 Å². The van der Waals surface area contributed by atoms with E-state index >= 15 is 0 Å². The van der Waals surface area contributed by atoms with Gasteiger partial charge in [0.15, 0.2) is 5.17 Å². The molecule has 0 aliphatic carbocycles. The minimum Gasteiger partial charge on any atom is -0.335 e. The Morgan fingerprint density at radius 1 is 1.10 bits per heavy atom. The average Bonchev–Trinajstić information content (AvgIpc) is 2.56. The second-order valence-electron chi connectivity index (χ2n) is 5.80. The second-order valence-corrected chi connectivity index (χ2v) is 6.77. The molecule has 21 heavy (non-hydrogen) atoms. The minimum absolute atomic E-state index is 0.402. The van der Waals surface area contributed by atoms with E-state index in [1.807, 2.05) is 11.8 Å². The first kappa shape index (κ1) is 14.5. The van der Waals surface area contributed by atoms with Crippen LogP contribution in [0.3, 0.4) is 0 Å². The van der Waals surface area contributed by atoms with Crippen molar-refractivity contribution >= 4 is 33.4 Å². The molecule has 2 aromatic rings. The average molecular weight is 298 g/mol. The Balaban J connectivity index is 1.75. The van der Waals surface area contributed by atoms with Crippen LogP contribution in [0.15, 0.2) is 47.5 Å². The van der Waals surface area contributed by atoms with Gasteiger partial charge in [-0.25, -0.2) is 0 Å². The Hall–Kier alpha value is -1.48. The van der Waals surface area contributed by atoms with Crippen LogP contribution >= 0.6 is 11.8 Å². The Bertz CT molecular complexity index is 659. The lowest BCUT2D eigenvalue weighted by atomic mass is 9.84. The Kier molecular flexibility index (Phi) is 4.20. The molecule has 2 aromatic carbocycles. The smallest absolute Gasteiger partial charge is 0.161 e. The molecule has 1 aliphatic rings. The molecule has 0 fully saturated rings. The third kappa shape index (κ3) is 3.08. The number of nitrogens with zero attached hydrogens (tertiary/aromatic N) is 1. The van der Waals surface area contributed by atoms with Crippen LogP contribution in [0.25, 0.3) is 10.8 Å². The number of hydrogen-bond acceptors (Lipinski definition) is 3. The van der Waals surface area contributed by atoms with E-state index in [-0.39, 0.29) is 0 Å². The summed E-state index contributed by atoms with van der Waals surface area (Å²) in [5, 5.41) is 7.07. The number of anilines is 1. The van der Waals surface area contributed by atoms with Crippen molar-refractivity contribution in [2.24, 2.45) is 10.4 Å². The number of amidine groups is 1. The molecule has 0 aromatic heterocycles. The summed E-state index contributed by atoms with van der Waals surface area (Å²) in [6.07, 6.45) is 2.42. The van der Waals surface area contributed by atoms with Crippen LogP contribution in [0, 0.1) is 5.41 Å². The molecule has 0 unspecified atom stereocenters. The van der Waals surface area contributed by atoms with E-state index in [1.54, 1.807) is 0 Å². The molecule has 0 bridgehead atoms. The highest BCUT2D eigenvalue weighted by Crippen LogP contribution is 2.35. The number of hydrogen-bond donors (Lipinski definition) is 1. The van der Waals surface area contributed by atoms with Gasteiger partial charge in [0.2, 0.25) is 0 Å². The van der Waals surface area contributed by atoms with Crippen LogP contribution in [-0.4, -0.2) is 17.5 Å². The van der Waals surface area contributed by atoms with E-state index < -0.39 is 0 Å². The van der Waals surface area contributed by atoms with Crippen LogP contribution in [0.1, 0.15) is 26.7 Å². The van der Waals surface area contributed by atoms with Crippen LogP contribution in [0.4, 0.5) is 5.69 Å². The van der Waals surface area contributed by atoms with E-state index in [1.165, 1.54) is 29.4 Å². The molecule has 2 nitrogen and oxygen atoms in total. The monoisotopic (exact) mass is 298 g/mol. The van der Waals surface area contributed by atoms with Crippen molar-refractivity contribution in [2.75, 3.05) is 17.6 Å². The van der Waals surface area contributed by atoms with Gasteiger partial charge in [-0.2, -0.15) is 0 Å². The molecule has 0 saturated carbocycles. The summed E-state index contributed by atoms with van der Waals surface area (Å²) in [5.41, 5.74) is 1.53. The summed E-state index contributed by atoms with van der Waals surface area (Å²) in [4.78, 5) is 4.77. The van der Waals surface area contributed by atoms with E-state index in [4.69, 9.17) is 4.99 Å². The van der Waals surface area contributed by atoms with Gasteiger partial charge in [0.1, 0.15) is 0 Å². The number of nitrogens with one attached hydrogen (secondary N) is 1. The van der Waals surface area contributed by atoms with Crippen molar-refractivity contribution in [1.29, 1.82) is 0 Å². The highest BCUT2D eigenvalue weighted by Gasteiger charge is 2.30. The second kappa shape index (κ2) is 6.10. The summed E-state index contributed by atoms with van der Waals surface area (Å²) in [6.45, 7) is 5.51. The van der Waals surface area contributed by atoms with Gasteiger partial charge in [0.05, 0.1) is 0 Å². The maximum Gasteiger partial charge on any atom is 0.161 e. The first-order valence-corrected chi connectivity index (χ1v) is 8.66. The molecule has 0 atom stereocenters. The summed E-state index contributed by atoms with van der Waals surface area (Å²) in [6, 6.07) is 14.9. The number of aliphatic imine (C=N–C) groups is 1. The first-order chi connectivity index (χ1) is 10.2. The highest BCUT2D eigenvalue weighted by atomic mass is 32.2. The normalized spacial score (nSPS) is 17.5. The fraction of sp³-hybridized carbons (Fsp3) is 0.389. The number of rotatable bonds is 3. The van der Waals surface area contributed by atoms with E-state index in [0.29, 0.717) is 5.41 Å². The zero-order valence-electron chi connectivity index (χ0n) is 12.7. The topological polar surface area (TPSA) is 24.4 Å². The summed E-state index contributed by atoms with van der Waals surface area (Å²) < 4.78 is 0. The van der Waals surface area contributed by atoms with Crippen molar-refractivity contribution in [3.05, 3.63) is 42.5 Å². The van der Waals surface area contributed by atoms with Crippen LogP contribution in [-0.2, 0) is 0 Å². The summed E-state index contributed by atoms with van der Waals surface area (Å²) >= 11 is 1.86. The molecule has 0 spiro atoms. The minimum atomic E-state index is 0.402. The zero-order chi connectivity index (χ0) is 14.7. The van der Waals surface area contributed by atoms with Crippen LogP contribution in [0.2, 0.25) is 0 Å². The fourth-order valence-electron chi connectivity index (χ4n) is 2.70. The van der Waals surface area contributed by atoms with Gasteiger partial charge in [-0.3, -0.25) is 4.99 Å². The van der Waals surface area contributed by atoms with Gasteiger partial charge >= 0.3 is 0 Å². The zero-order valence-corrected chi connectivity index (χ0v) is 13.5. The Labute approximate surface area is 131 Å². The summed E-state index contributed by atoms with van der Waals surface area (Å²) in [5.74, 6) is 1.17. The maximum absolute atomic E-state index is 4.77. The summed E-state index contributed by atoms with van der Waals surface area (Å²) in [7, 11) is 0. The largest absolute Gasteiger partial charge is 0.335 e. The highest BCUT2D eigenvalue weighted by molar-refractivity contribution is 8.14. The predicted molar refractivity (Wildman–Crippen MR) is 95.3 cm³/mol. The van der Waals surface area contributed by atoms with Crippen molar-refractivity contribution < 1.29 is 0 Å². The molecule has 1 aliphatic heterocycles. The van der Waals surface area contributed by atoms with Crippen molar-refractivity contribution in [3.8, 4) is 0 Å². The molecule has 110 valence electrons. The number of benzene rings is 2. The van der Waals surface area contributed by atoms with Gasteiger partial charge < -0.3 is 5.32 Å². The quantitative estimate of drug-likeness (QED) is 0.846. The lowest BCUT2D eigenvalue weighted by molar-refractivity contribution is 0.318.